The Morgan fingerprint density at radius 2 is 2.11 bits per heavy atom. The van der Waals surface area contributed by atoms with Crippen LogP contribution in [0.4, 0.5) is 0 Å². The number of aliphatic hydroxyl groups excluding tert-OH is 1. The van der Waals surface area contributed by atoms with Crippen LogP contribution in [0.25, 0.3) is 0 Å². The highest BCUT2D eigenvalue weighted by molar-refractivity contribution is 5.41. The SMILES string of the molecule is COc1ccc(CNCC2CCCC2CO)cc1O. The third-order valence-electron chi connectivity index (χ3n) is 4.03. The number of methoxy groups -OCH3 is 1. The highest BCUT2D eigenvalue weighted by Gasteiger charge is 2.25. The predicted octanol–water partition coefficient (Wildman–Crippen LogP) is 1.90. The summed E-state index contributed by atoms with van der Waals surface area (Å²) in [7, 11) is 1.54. The van der Waals surface area contributed by atoms with E-state index in [0.29, 0.717) is 24.2 Å². The molecule has 4 heteroatoms. The van der Waals surface area contributed by atoms with Gasteiger partial charge in [0.1, 0.15) is 0 Å². The summed E-state index contributed by atoms with van der Waals surface area (Å²) in [5.74, 6) is 1.71. The van der Waals surface area contributed by atoms with E-state index in [4.69, 9.17) is 4.74 Å². The lowest BCUT2D eigenvalue weighted by atomic mass is 9.97. The Morgan fingerprint density at radius 1 is 1.32 bits per heavy atom. The monoisotopic (exact) mass is 265 g/mol. The molecule has 0 spiro atoms. The summed E-state index contributed by atoms with van der Waals surface area (Å²) < 4.78 is 5.02. The minimum atomic E-state index is 0.177. The Kier molecular flexibility index (Phi) is 5.05. The van der Waals surface area contributed by atoms with E-state index in [2.05, 4.69) is 5.32 Å². The first-order chi connectivity index (χ1) is 9.24. The fraction of sp³-hybridized carbons (Fsp3) is 0.600. The van der Waals surface area contributed by atoms with Crippen molar-refractivity contribution in [1.82, 2.24) is 5.32 Å². The number of nitrogens with one attached hydrogen (secondary N) is 1. The van der Waals surface area contributed by atoms with Gasteiger partial charge in [-0.05, 0) is 48.9 Å². The number of benzene rings is 1. The molecule has 4 nitrogen and oxygen atoms in total. The average molecular weight is 265 g/mol. The lowest BCUT2D eigenvalue weighted by Gasteiger charge is -2.18. The van der Waals surface area contributed by atoms with Gasteiger partial charge in [-0.1, -0.05) is 12.5 Å². The van der Waals surface area contributed by atoms with Crippen LogP contribution in [0.5, 0.6) is 11.5 Å². The zero-order valence-corrected chi connectivity index (χ0v) is 11.4. The van der Waals surface area contributed by atoms with E-state index in [0.717, 1.165) is 25.1 Å². The molecular formula is C15H23NO3. The quantitative estimate of drug-likeness (QED) is 0.735. The largest absolute Gasteiger partial charge is 0.504 e. The fourth-order valence-corrected chi connectivity index (χ4v) is 2.87. The standard InChI is InChI=1S/C15H23NO3/c1-19-15-6-5-11(7-14(15)18)8-16-9-12-3-2-4-13(12)10-17/h5-7,12-13,16-18H,2-4,8-10H2,1H3. The maximum Gasteiger partial charge on any atom is 0.160 e. The van der Waals surface area contributed by atoms with Crippen LogP contribution in [-0.4, -0.2) is 30.5 Å². The van der Waals surface area contributed by atoms with Crippen molar-refractivity contribution in [3.63, 3.8) is 0 Å². The van der Waals surface area contributed by atoms with Crippen molar-refractivity contribution in [1.29, 1.82) is 0 Å². The summed E-state index contributed by atoms with van der Waals surface area (Å²) in [5.41, 5.74) is 1.04. The number of ether oxygens (including phenoxy) is 1. The first kappa shape index (κ1) is 14.2. The molecule has 3 N–H and O–H groups in total. The van der Waals surface area contributed by atoms with Gasteiger partial charge in [0.2, 0.25) is 0 Å². The first-order valence-corrected chi connectivity index (χ1v) is 6.92. The highest BCUT2D eigenvalue weighted by Crippen LogP contribution is 2.31. The van der Waals surface area contributed by atoms with Crippen LogP contribution in [0.15, 0.2) is 18.2 Å². The maximum atomic E-state index is 9.70. The second kappa shape index (κ2) is 6.78. The number of phenols is 1. The van der Waals surface area contributed by atoms with E-state index >= 15 is 0 Å². The van der Waals surface area contributed by atoms with Crippen LogP contribution in [0.2, 0.25) is 0 Å². The van der Waals surface area contributed by atoms with Crippen molar-refractivity contribution in [2.24, 2.45) is 11.8 Å². The Morgan fingerprint density at radius 3 is 2.79 bits per heavy atom. The lowest BCUT2D eigenvalue weighted by molar-refractivity contribution is 0.192. The topological polar surface area (TPSA) is 61.7 Å². The third-order valence-corrected chi connectivity index (χ3v) is 4.03. The number of rotatable bonds is 6. The van der Waals surface area contributed by atoms with Gasteiger partial charge in [0.05, 0.1) is 7.11 Å². The molecule has 0 radical (unpaired) electrons. The minimum Gasteiger partial charge on any atom is -0.504 e. The molecule has 0 aliphatic heterocycles. The van der Waals surface area contributed by atoms with Crippen molar-refractivity contribution in [2.75, 3.05) is 20.3 Å². The smallest absolute Gasteiger partial charge is 0.160 e. The molecule has 1 aromatic carbocycles. The Hall–Kier alpha value is -1.26. The average Bonchev–Trinajstić information content (AvgIpc) is 2.86. The first-order valence-electron chi connectivity index (χ1n) is 6.92. The molecule has 1 aromatic rings. The predicted molar refractivity (Wildman–Crippen MR) is 74.3 cm³/mol. The molecule has 0 amide bonds. The normalized spacial score (nSPS) is 22.6. The van der Waals surface area contributed by atoms with Gasteiger partial charge in [0, 0.05) is 13.2 Å². The van der Waals surface area contributed by atoms with E-state index in [1.807, 2.05) is 6.07 Å². The van der Waals surface area contributed by atoms with E-state index in [9.17, 15) is 10.2 Å². The Labute approximate surface area is 114 Å². The van der Waals surface area contributed by atoms with Crippen molar-refractivity contribution in [3.8, 4) is 11.5 Å². The van der Waals surface area contributed by atoms with Crippen LogP contribution < -0.4 is 10.1 Å². The maximum absolute atomic E-state index is 9.70. The van der Waals surface area contributed by atoms with Gasteiger partial charge in [-0.3, -0.25) is 0 Å². The van der Waals surface area contributed by atoms with Crippen molar-refractivity contribution >= 4 is 0 Å². The number of phenolic OH excluding ortho intramolecular Hbond substituents is 1. The van der Waals surface area contributed by atoms with E-state index in [-0.39, 0.29) is 5.75 Å². The zero-order valence-electron chi connectivity index (χ0n) is 11.4. The molecule has 2 rings (SSSR count). The van der Waals surface area contributed by atoms with Crippen LogP contribution in [0.3, 0.4) is 0 Å². The number of aliphatic hydroxyl groups is 1. The van der Waals surface area contributed by atoms with Crippen molar-refractivity contribution in [2.45, 2.75) is 25.8 Å². The summed E-state index contributed by atoms with van der Waals surface area (Å²) in [6.07, 6.45) is 3.57. The van der Waals surface area contributed by atoms with Gasteiger partial charge in [-0.25, -0.2) is 0 Å². The molecule has 0 aromatic heterocycles. The Balaban J connectivity index is 1.81. The minimum absolute atomic E-state index is 0.177. The molecule has 2 atom stereocenters. The highest BCUT2D eigenvalue weighted by atomic mass is 16.5. The van der Waals surface area contributed by atoms with Gasteiger partial charge in [-0.2, -0.15) is 0 Å². The number of hydrogen-bond acceptors (Lipinski definition) is 4. The molecule has 0 saturated heterocycles. The molecular weight excluding hydrogens is 242 g/mol. The molecule has 2 unspecified atom stereocenters. The van der Waals surface area contributed by atoms with Crippen LogP contribution in [0, 0.1) is 11.8 Å². The lowest BCUT2D eigenvalue weighted by Crippen LogP contribution is -2.26. The van der Waals surface area contributed by atoms with Gasteiger partial charge < -0.3 is 20.3 Å². The summed E-state index contributed by atoms with van der Waals surface area (Å²) in [6, 6.07) is 5.45. The third kappa shape index (κ3) is 3.61. The number of aromatic hydroxyl groups is 1. The summed E-state index contributed by atoms with van der Waals surface area (Å²) in [5, 5.41) is 22.4. The van der Waals surface area contributed by atoms with Crippen molar-refractivity contribution in [3.05, 3.63) is 23.8 Å². The van der Waals surface area contributed by atoms with E-state index < -0.39 is 0 Å². The molecule has 0 heterocycles. The molecule has 106 valence electrons. The molecule has 1 aliphatic rings. The van der Waals surface area contributed by atoms with Gasteiger partial charge in [0.15, 0.2) is 11.5 Å². The number of hydrogen-bond donors (Lipinski definition) is 3. The Bertz CT molecular complexity index is 408. The van der Waals surface area contributed by atoms with Gasteiger partial charge in [0.25, 0.3) is 0 Å². The van der Waals surface area contributed by atoms with Gasteiger partial charge >= 0.3 is 0 Å². The zero-order chi connectivity index (χ0) is 13.7. The van der Waals surface area contributed by atoms with Crippen LogP contribution in [-0.2, 0) is 6.54 Å². The molecule has 1 aliphatic carbocycles. The molecule has 0 bridgehead atoms. The molecule has 1 saturated carbocycles. The summed E-state index contributed by atoms with van der Waals surface area (Å²) in [4.78, 5) is 0. The van der Waals surface area contributed by atoms with Crippen LogP contribution >= 0.6 is 0 Å². The molecule has 19 heavy (non-hydrogen) atoms. The second-order valence-corrected chi connectivity index (χ2v) is 5.27. The fourth-order valence-electron chi connectivity index (χ4n) is 2.87. The molecule has 1 fully saturated rings. The van der Waals surface area contributed by atoms with Crippen molar-refractivity contribution < 1.29 is 14.9 Å². The summed E-state index contributed by atoms with van der Waals surface area (Å²) >= 11 is 0. The van der Waals surface area contributed by atoms with E-state index in [1.165, 1.54) is 12.8 Å². The van der Waals surface area contributed by atoms with Crippen LogP contribution in [0.1, 0.15) is 24.8 Å². The second-order valence-electron chi connectivity index (χ2n) is 5.27. The summed E-state index contributed by atoms with van der Waals surface area (Å²) in [6.45, 7) is 1.96. The van der Waals surface area contributed by atoms with E-state index in [1.54, 1.807) is 19.2 Å². The van der Waals surface area contributed by atoms with Gasteiger partial charge in [-0.15, -0.1) is 0 Å².